The Morgan fingerprint density at radius 1 is 1.38 bits per heavy atom. The van der Waals surface area contributed by atoms with Crippen LogP contribution in [0.2, 0.25) is 0 Å². The second kappa shape index (κ2) is 6.61. The summed E-state index contributed by atoms with van der Waals surface area (Å²) in [6, 6.07) is 12.0. The van der Waals surface area contributed by atoms with Crippen molar-refractivity contribution in [3.63, 3.8) is 0 Å². The molecule has 2 aromatic rings. The van der Waals surface area contributed by atoms with E-state index >= 15 is 0 Å². The van der Waals surface area contributed by atoms with E-state index in [2.05, 4.69) is 63.5 Å². The summed E-state index contributed by atoms with van der Waals surface area (Å²) in [5.41, 5.74) is 8.72. The fourth-order valence-electron chi connectivity index (χ4n) is 2.76. The quantitative estimate of drug-likeness (QED) is 0.818. The summed E-state index contributed by atoms with van der Waals surface area (Å²) in [5.74, 6) is 0. The molecule has 3 rings (SSSR count). The van der Waals surface area contributed by atoms with E-state index in [4.69, 9.17) is 5.73 Å². The topological polar surface area (TPSA) is 29.3 Å². The average Bonchev–Trinajstić information content (AvgIpc) is 3.20. The summed E-state index contributed by atoms with van der Waals surface area (Å²) in [6.45, 7) is 3.79. The predicted octanol–water partition coefficient (Wildman–Crippen LogP) is 4.48. The molecular weight excluding hydrogens is 344 g/mol. The van der Waals surface area contributed by atoms with E-state index in [1.165, 1.54) is 33.3 Å². The highest BCUT2D eigenvalue weighted by atomic mass is 79.9. The molecule has 1 heterocycles. The molecule has 1 aliphatic carbocycles. The van der Waals surface area contributed by atoms with E-state index < -0.39 is 0 Å². The van der Waals surface area contributed by atoms with Crippen molar-refractivity contribution in [1.82, 2.24) is 4.90 Å². The van der Waals surface area contributed by atoms with E-state index in [9.17, 15) is 0 Å². The zero-order chi connectivity index (χ0) is 14.8. The molecule has 1 aliphatic rings. The first-order valence-corrected chi connectivity index (χ1v) is 9.10. The Kier molecular flexibility index (Phi) is 4.79. The van der Waals surface area contributed by atoms with Gasteiger partial charge < -0.3 is 5.73 Å². The first-order valence-electron chi connectivity index (χ1n) is 7.43. The van der Waals surface area contributed by atoms with Gasteiger partial charge in [-0.05, 0) is 48.4 Å². The molecule has 1 atom stereocenters. The Morgan fingerprint density at radius 2 is 2.19 bits per heavy atom. The van der Waals surface area contributed by atoms with Crippen LogP contribution in [0.5, 0.6) is 0 Å². The number of aryl methyl sites for hydroxylation is 1. The second-order valence-electron chi connectivity index (χ2n) is 5.74. The van der Waals surface area contributed by atoms with E-state index in [0.29, 0.717) is 18.6 Å². The highest BCUT2D eigenvalue weighted by Crippen LogP contribution is 2.36. The SMILES string of the molecule is Cc1ccc(C(CN)N(Cc2cccs2)C2CC2)cc1Br. The van der Waals surface area contributed by atoms with Crippen molar-refractivity contribution in [3.05, 3.63) is 56.2 Å². The van der Waals surface area contributed by atoms with Gasteiger partial charge in [0, 0.05) is 34.5 Å². The molecule has 1 aromatic heterocycles. The van der Waals surface area contributed by atoms with Crippen LogP contribution in [0.3, 0.4) is 0 Å². The number of thiophene rings is 1. The van der Waals surface area contributed by atoms with E-state index in [-0.39, 0.29) is 0 Å². The van der Waals surface area contributed by atoms with Crippen molar-refractivity contribution in [2.75, 3.05) is 6.54 Å². The summed E-state index contributed by atoms with van der Waals surface area (Å²) in [4.78, 5) is 4.01. The molecule has 1 fully saturated rings. The zero-order valence-electron chi connectivity index (χ0n) is 12.3. The van der Waals surface area contributed by atoms with Gasteiger partial charge in [-0.2, -0.15) is 0 Å². The summed E-state index contributed by atoms with van der Waals surface area (Å²) < 4.78 is 1.17. The van der Waals surface area contributed by atoms with Gasteiger partial charge in [0.2, 0.25) is 0 Å². The van der Waals surface area contributed by atoms with Gasteiger partial charge in [0.05, 0.1) is 0 Å². The number of halogens is 1. The number of hydrogen-bond acceptors (Lipinski definition) is 3. The number of rotatable bonds is 6. The lowest BCUT2D eigenvalue weighted by molar-refractivity contribution is 0.183. The molecule has 0 aliphatic heterocycles. The Morgan fingerprint density at radius 3 is 2.76 bits per heavy atom. The summed E-state index contributed by atoms with van der Waals surface area (Å²) >= 11 is 5.48. The van der Waals surface area contributed by atoms with Gasteiger partial charge in [-0.3, -0.25) is 4.90 Å². The van der Waals surface area contributed by atoms with Crippen LogP contribution in [0.4, 0.5) is 0 Å². The molecule has 0 saturated heterocycles. The van der Waals surface area contributed by atoms with Crippen molar-refractivity contribution < 1.29 is 0 Å². The third kappa shape index (κ3) is 3.57. The monoisotopic (exact) mass is 364 g/mol. The van der Waals surface area contributed by atoms with Crippen LogP contribution in [0.1, 0.15) is 34.9 Å². The zero-order valence-corrected chi connectivity index (χ0v) is 14.7. The maximum Gasteiger partial charge on any atom is 0.0477 e. The Hall–Kier alpha value is -0.680. The maximum atomic E-state index is 6.13. The summed E-state index contributed by atoms with van der Waals surface area (Å²) in [7, 11) is 0. The lowest BCUT2D eigenvalue weighted by atomic mass is 10.0. The van der Waals surface area contributed by atoms with Gasteiger partial charge in [0.25, 0.3) is 0 Å². The Labute approximate surface area is 139 Å². The maximum absolute atomic E-state index is 6.13. The molecule has 2 nitrogen and oxygen atoms in total. The molecule has 21 heavy (non-hydrogen) atoms. The van der Waals surface area contributed by atoms with E-state index in [0.717, 1.165) is 6.54 Å². The first-order chi connectivity index (χ1) is 10.2. The first kappa shape index (κ1) is 15.2. The van der Waals surface area contributed by atoms with Crippen molar-refractivity contribution in [2.45, 2.75) is 38.4 Å². The van der Waals surface area contributed by atoms with Crippen LogP contribution >= 0.6 is 27.3 Å². The van der Waals surface area contributed by atoms with Crippen LogP contribution in [-0.4, -0.2) is 17.5 Å². The smallest absolute Gasteiger partial charge is 0.0477 e. The standard InChI is InChI=1S/C17H21BrN2S/c1-12-4-5-13(9-16(12)18)17(10-19)20(14-6-7-14)11-15-3-2-8-21-15/h2-5,8-9,14,17H,6-7,10-11,19H2,1H3. The van der Waals surface area contributed by atoms with Crippen molar-refractivity contribution in [2.24, 2.45) is 5.73 Å². The number of benzene rings is 1. The van der Waals surface area contributed by atoms with Crippen molar-refractivity contribution in [1.29, 1.82) is 0 Å². The highest BCUT2D eigenvalue weighted by molar-refractivity contribution is 9.10. The third-order valence-corrected chi connectivity index (χ3v) is 5.85. The second-order valence-corrected chi connectivity index (χ2v) is 7.63. The summed E-state index contributed by atoms with van der Waals surface area (Å²) in [5, 5.41) is 2.15. The Bertz CT molecular complexity index is 593. The van der Waals surface area contributed by atoms with Gasteiger partial charge in [-0.25, -0.2) is 0 Å². The van der Waals surface area contributed by atoms with Gasteiger partial charge in [-0.1, -0.05) is 34.1 Å². The molecule has 4 heteroatoms. The molecule has 0 amide bonds. The molecule has 2 N–H and O–H groups in total. The molecule has 1 unspecified atom stereocenters. The molecule has 112 valence electrons. The number of nitrogens with two attached hydrogens (primary N) is 1. The van der Waals surface area contributed by atoms with Gasteiger partial charge in [-0.15, -0.1) is 11.3 Å². The van der Waals surface area contributed by atoms with E-state index in [1.54, 1.807) is 0 Å². The van der Waals surface area contributed by atoms with Crippen LogP contribution in [0.25, 0.3) is 0 Å². The average molecular weight is 365 g/mol. The molecule has 1 aromatic carbocycles. The lowest BCUT2D eigenvalue weighted by Gasteiger charge is -2.31. The number of hydrogen-bond donors (Lipinski definition) is 1. The lowest BCUT2D eigenvalue weighted by Crippen LogP contribution is -2.35. The fourth-order valence-corrected chi connectivity index (χ4v) is 3.87. The van der Waals surface area contributed by atoms with Crippen LogP contribution in [0.15, 0.2) is 40.2 Å². The molecular formula is C17H21BrN2S. The van der Waals surface area contributed by atoms with Gasteiger partial charge >= 0.3 is 0 Å². The third-order valence-electron chi connectivity index (χ3n) is 4.14. The number of nitrogens with zero attached hydrogens (tertiary/aromatic N) is 1. The highest BCUT2D eigenvalue weighted by Gasteiger charge is 2.34. The molecule has 0 bridgehead atoms. The van der Waals surface area contributed by atoms with Crippen LogP contribution in [0, 0.1) is 6.92 Å². The molecule has 0 spiro atoms. The van der Waals surface area contributed by atoms with Crippen LogP contribution < -0.4 is 5.73 Å². The van der Waals surface area contributed by atoms with Crippen LogP contribution in [-0.2, 0) is 6.54 Å². The normalized spacial score (nSPS) is 16.4. The largest absolute Gasteiger partial charge is 0.329 e. The van der Waals surface area contributed by atoms with E-state index in [1.807, 2.05) is 11.3 Å². The fraction of sp³-hybridized carbons (Fsp3) is 0.412. The van der Waals surface area contributed by atoms with Crippen molar-refractivity contribution in [3.8, 4) is 0 Å². The van der Waals surface area contributed by atoms with Gasteiger partial charge in [0.1, 0.15) is 0 Å². The minimum Gasteiger partial charge on any atom is -0.329 e. The summed E-state index contributed by atoms with van der Waals surface area (Å²) in [6.07, 6.45) is 2.60. The Balaban J connectivity index is 1.86. The molecule has 1 saturated carbocycles. The molecule has 0 radical (unpaired) electrons. The predicted molar refractivity (Wildman–Crippen MR) is 93.6 cm³/mol. The minimum atomic E-state index is 0.302. The van der Waals surface area contributed by atoms with Gasteiger partial charge in [0.15, 0.2) is 0 Å². The van der Waals surface area contributed by atoms with Crippen molar-refractivity contribution >= 4 is 27.3 Å². The minimum absolute atomic E-state index is 0.302.